The number of thiophene rings is 1. The van der Waals surface area contributed by atoms with E-state index in [9.17, 15) is 4.39 Å². The van der Waals surface area contributed by atoms with Crippen molar-refractivity contribution in [3.8, 4) is 11.3 Å². The van der Waals surface area contributed by atoms with Crippen molar-refractivity contribution in [1.29, 1.82) is 0 Å². The molecule has 0 aliphatic rings. The van der Waals surface area contributed by atoms with E-state index in [1.165, 1.54) is 17.4 Å². The van der Waals surface area contributed by atoms with E-state index in [2.05, 4.69) is 16.5 Å². The van der Waals surface area contributed by atoms with Crippen molar-refractivity contribution in [2.24, 2.45) is 0 Å². The van der Waals surface area contributed by atoms with Crippen molar-refractivity contribution in [2.75, 3.05) is 0 Å². The fourth-order valence-electron chi connectivity index (χ4n) is 1.84. The Bertz CT molecular complexity index is 733. The molecule has 3 aromatic rings. The van der Waals surface area contributed by atoms with Crippen LogP contribution in [0.25, 0.3) is 27.4 Å². The minimum atomic E-state index is -0.193. The number of nitrogens with zero attached hydrogens (tertiary/aromatic N) is 2. The van der Waals surface area contributed by atoms with Gasteiger partial charge in [0.2, 0.25) is 0 Å². The minimum absolute atomic E-state index is 0.193. The van der Waals surface area contributed by atoms with Crippen molar-refractivity contribution in [3.05, 3.63) is 54.1 Å². The Hall–Kier alpha value is -2.07. The smallest absolute Gasteiger partial charge is 0.151 e. The Morgan fingerprint density at radius 2 is 2.17 bits per heavy atom. The summed E-state index contributed by atoms with van der Waals surface area (Å²) < 4.78 is 14.3. The van der Waals surface area contributed by atoms with Crippen LogP contribution in [-0.4, -0.2) is 9.97 Å². The maximum Gasteiger partial charge on any atom is 0.151 e. The number of hydrogen-bond acceptors (Lipinski definition) is 3. The fourth-order valence-corrected chi connectivity index (χ4v) is 2.81. The Balaban J connectivity index is 2.25. The summed E-state index contributed by atoms with van der Waals surface area (Å²) in [5.74, 6) is 0.380. The molecule has 4 heteroatoms. The molecule has 0 atom stereocenters. The van der Waals surface area contributed by atoms with Gasteiger partial charge in [-0.1, -0.05) is 18.7 Å². The van der Waals surface area contributed by atoms with Crippen molar-refractivity contribution in [3.63, 3.8) is 0 Å². The molecular weight excluding hydrogens is 247 g/mol. The normalized spacial score (nSPS) is 10.7. The molecule has 0 bridgehead atoms. The molecule has 0 radical (unpaired) electrons. The van der Waals surface area contributed by atoms with Crippen LogP contribution in [0.4, 0.5) is 4.39 Å². The fraction of sp³-hybridized carbons (Fsp3) is 0. The van der Waals surface area contributed by atoms with Crippen LogP contribution < -0.4 is 0 Å². The first-order valence-corrected chi connectivity index (χ1v) is 6.29. The van der Waals surface area contributed by atoms with Crippen LogP contribution in [0, 0.1) is 5.82 Å². The van der Waals surface area contributed by atoms with Crippen LogP contribution in [0.1, 0.15) is 5.82 Å². The molecule has 0 saturated carbocycles. The van der Waals surface area contributed by atoms with Crippen LogP contribution in [0.2, 0.25) is 0 Å². The second-order valence-corrected chi connectivity index (χ2v) is 4.65. The zero-order valence-electron chi connectivity index (χ0n) is 9.43. The van der Waals surface area contributed by atoms with Crippen LogP contribution in [0.5, 0.6) is 0 Å². The number of halogens is 1. The molecule has 1 aromatic carbocycles. The van der Waals surface area contributed by atoms with Gasteiger partial charge in [0.1, 0.15) is 5.82 Å². The molecule has 0 fully saturated rings. The highest BCUT2D eigenvalue weighted by atomic mass is 32.1. The number of fused-ring (bicyclic) bond motifs is 1. The van der Waals surface area contributed by atoms with Gasteiger partial charge >= 0.3 is 0 Å². The second-order valence-electron chi connectivity index (χ2n) is 3.77. The van der Waals surface area contributed by atoms with Crippen molar-refractivity contribution < 1.29 is 4.39 Å². The van der Waals surface area contributed by atoms with Crippen molar-refractivity contribution in [1.82, 2.24) is 9.97 Å². The molecule has 0 spiro atoms. The number of rotatable bonds is 2. The third kappa shape index (κ3) is 1.71. The molecule has 0 aliphatic carbocycles. The molecule has 0 N–H and O–H groups in total. The summed E-state index contributed by atoms with van der Waals surface area (Å²) in [6.07, 6.45) is 3.28. The predicted molar refractivity (Wildman–Crippen MR) is 72.9 cm³/mol. The Labute approximate surface area is 107 Å². The summed E-state index contributed by atoms with van der Waals surface area (Å²) in [5, 5.41) is 2.80. The van der Waals surface area contributed by atoms with Gasteiger partial charge in [0, 0.05) is 22.5 Å². The van der Waals surface area contributed by atoms with E-state index in [1.54, 1.807) is 18.3 Å². The van der Waals surface area contributed by atoms with Gasteiger partial charge in [0.15, 0.2) is 5.82 Å². The first-order chi connectivity index (χ1) is 8.79. The minimum Gasteiger partial charge on any atom is -0.237 e. The van der Waals surface area contributed by atoms with Crippen LogP contribution >= 0.6 is 11.3 Å². The number of benzene rings is 1. The SMILES string of the molecule is C=Cc1nccc(-c2csc3c(F)cccc23)n1. The summed E-state index contributed by atoms with van der Waals surface area (Å²) in [6, 6.07) is 6.90. The van der Waals surface area contributed by atoms with Gasteiger partial charge in [0.25, 0.3) is 0 Å². The average molecular weight is 256 g/mol. The van der Waals surface area contributed by atoms with E-state index < -0.39 is 0 Å². The highest BCUT2D eigenvalue weighted by molar-refractivity contribution is 7.17. The molecule has 2 heterocycles. The molecule has 0 aliphatic heterocycles. The highest BCUT2D eigenvalue weighted by Gasteiger charge is 2.10. The van der Waals surface area contributed by atoms with Gasteiger partial charge in [-0.05, 0) is 18.2 Å². The van der Waals surface area contributed by atoms with Crippen molar-refractivity contribution in [2.45, 2.75) is 0 Å². The van der Waals surface area contributed by atoms with Crippen molar-refractivity contribution >= 4 is 27.5 Å². The van der Waals surface area contributed by atoms with Gasteiger partial charge in [0.05, 0.1) is 10.4 Å². The Morgan fingerprint density at radius 1 is 1.28 bits per heavy atom. The molecule has 2 nitrogen and oxygen atoms in total. The number of aromatic nitrogens is 2. The zero-order valence-corrected chi connectivity index (χ0v) is 10.2. The standard InChI is InChI=1S/C14H9FN2S/c1-2-13-16-7-6-12(17-13)10-8-18-14-9(10)4-3-5-11(14)15/h2-8H,1H2. The Morgan fingerprint density at radius 3 is 3.00 bits per heavy atom. The third-order valence-electron chi connectivity index (χ3n) is 2.68. The lowest BCUT2D eigenvalue weighted by molar-refractivity contribution is 0.642. The molecule has 88 valence electrons. The van der Waals surface area contributed by atoms with Gasteiger partial charge in [-0.15, -0.1) is 11.3 Å². The molecule has 2 aromatic heterocycles. The topological polar surface area (TPSA) is 25.8 Å². The first kappa shape index (κ1) is 11.0. The van der Waals surface area contributed by atoms with Gasteiger partial charge in [-0.3, -0.25) is 0 Å². The first-order valence-electron chi connectivity index (χ1n) is 5.41. The molecular formula is C14H9FN2S. The lowest BCUT2D eigenvalue weighted by Crippen LogP contribution is -1.89. The second kappa shape index (κ2) is 4.31. The lowest BCUT2D eigenvalue weighted by atomic mass is 10.1. The van der Waals surface area contributed by atoms with E-state index >= 15 is 0 Å². The van der Waals surface area contributed by atoms with E-state index in [4.69, 9.17) is 0 Å². The summed E-state index contributed by atoms with van der Waals surface area (Å²) >= 11 is 1.39. The highest BCUT2D eigenvalue weighted by Crippen LogP contribution is 2.34. The van der Waals surface area contributed by atoms with E-state index in [0.717, 1.165) is 16.6 Å². The molecule has 0 saturated heterocycles. The van der Waals surface area contributed by atoms with E-state index in [0.29, 0.717) is 10.5 Å². The zero-order chi connectivity index (χ0) is 12.5. The van der Waals surface area contributed by atoms with E-state index in [-0.39, 0.29) is 5.82 Å². The monoisotopic (exact) mass is 256 g/mol. The van der Waals surface area contributed by atoms with Crippen LogP contribution in [0.15, 0.2) is 42.4 Å². The molecule has 0 unspecified atom stereocenters. The average Bonchev–Trinajstić information content (AvgIpc) is 2.84. The van der Waals surface area contributed by atoms with Crippen LogP contribution in [0.3, 0.4) is 0 Å². The quantitative estimate of drug-likeness (QED) is 0.688. The summed E-state index contributed by atoms with van der Waals surface area (Å²) in [5.41, 5.74) is 1.72. The van der Waals surface area contributed by atoms with Gasteiger partial charge in [-0.25, -0.2) is 14.4 Å². The van der Waals surface area contributed by atoms with E-state index in [1.807, 2.05) is 17.5 Å². The van der Waals surface area contributed by atoms with Gasteiger partial charge < -0.3 is 0 Å². The summed E-state index contributed by atoms with van der Waals surface area (Å²) in [6.45, 7) is 3.65. The largest absolute Gasteiger partial charge is 0.237 e. The third-order valence-corrected chi connectivity index (χ3v) is 3.69. The molecule has 18 heavy (non-hydrogen) atoms. The summed E-state index contributed by atoms with van der Waals surface area (Å²) in [4.78, 5) is 8.43. The van der Waals surface area contributed by atoms with Gasteiger partial charge in [-0.2, -0.15) is 0 Å². The maximum atomic E-state index is 13.6. The predicted octanol–water partition coefficient (Wildman–Crippen LogP) is 4.14. The summed E-state index contributed by atoms with van der Waals surface area (Å²) in [7, 11) is 0. The molecule has 0 amide bonds. The maximum absolute atomic E-state index is 13.6. The lowest BCUT2D eigenvalue weighted by Gasteiger charge is -2.00. The number of hydrogen-bond donors (Lipinski definition) is 0. The van der Waals surface area contributed by atoms with Crippen LogP contribution in [-0.2, 0) is 0 Å². The molecule has 3 rings (SSSR count). The Kier molecular flexibility index (Phi) is 2.64.